The summed E-state index contributed by atoms with van der Waals surface area (Å²) in [7, 11) is 1.59. The highest BCUT2D eigenvalue weighted by atomic mass is 19.1. The Kier molecular flexibility index (Phi) is 5.48. The summed E-state index contributed by atoms with van der Waals surface area (Å²) < 4.78 is 18.5. The molecule has 0 aliphatic rings. The minimum atomic E-state index is -0.365. The number of carbonyl (C=O) groups is 1. The van der Waals surface area contributed by atoms with Gasteiger partial charge in [-0.15, -0.1) is 0 Å². The second-order valence-electron chi connectivity index (χ2n) is 6.55. The van der Waals surface area contributed by atoms with Gasteiger partial charge in [-0.3, -0.25) is 4.79 Å². The SMILES string of the molecule is COc1cccc(/C=N\NC(=O)c2cc(-c3ccc(F)cc3)nc3ccccc23)c1. The molecule has 3 aromatic carbocycles. The number of hydrazone groups is 1. The van der Waals surface area contributed by atoms with E-state index in [9.17, 15) is 9.18 Å². The van der Waals surface area contributed by atoms with Gasteiger partial charge in [0, 0.05) is 10.9 Å². The zero-order valence-electron chi connectivity index (χ0n) is 16.2. The fraction of sp³-hybridized carbons (Fsp3) is 0.0417. The van der Waals surface area contributed by atoms with Gasteiger partial charge in [0.25, 0.3) is 5.91 Å². The first-order valence-electron chi connectivity index (χ1n) is 9.27. The normalized spacial score (nSPS) is 11.0. The lowest BCUT2D eigenvalue weighted by Crippen LogP contribution is -2.18. The quantitative estimate of drug-likeness (QED) is 0.387. The summed E-state index contributed by atoms with van der Waals surface area (Å²) in [5, 5.41) is 4.77. The summed E-state index contributed by atoms with van der Waals surface area (Å²) in [4.78, 5) is 17.5. The Morgan fingerprint density at radius 3 is 2.63 bits per heavy atom. The lowest BCUT2D eigenvalue weighted by molar-refractivity contribution is 0.0956. The van der Waals surface area contributed by atoms with Crippen molar-refractivity contribution in [3.63, 3.8) is 0 Å². The van der Waals surface area contributed by atoms with Crippen LogP contribution in [0.4, 0.5) is 4.39 Å². The summed E-state index contributed by atoms with van der Waals surface area (Å²) in [6.45, 7) is 0. The van der Waals surface area contributed by atoms with Gasteiger partial charge in [0.15, 0.2) is 0 Å². The molecule has 1 amide bonds. The van der Waals surface area contributed by atoms with Crippen LogP contribution in [-0.2, 0) is 0 Å². The smallest absolute Gasteiger partial charge is 0.272 e. The number of pyridine rings is 1. The maximum Gasteiger partial charge on any atom is 0.272 e. The van der Waals surface area contributed by atoms with Crippen molar-refractivity contribution >= 4 is 23.0 Å². The van der Waals surface area contributed by atoms with E-state index < -0.39 is 0 Å². The van der Waals surface area contributed by atoms with Crippen LogP contribution in [0.1, 0.15) is 15.9 Å². The third kappa shape index (κ3) is 4.17. The minimum absolute atomic E-state index is 0.329. The molecule has 30 heavy (non-hydrogen) atoms. The highest BCUT2D eigenvalue weighted by Crippen LogP contribution is 2.25. The number of carbonyl (C=O) groups excluding carboxylic acids is 1. The van der Waals surface area contributed by atoms with E-state index in [1.807, 2.05) is 48.5 Å². The zero-order chi connectivity index (χ0) is 20.9. The van der Waals surface area contributed by atoms with E-state index in [0.29, 0.717) is 27.9 Å². The van der Waals surface area contributed by atoms with Crippen molar-refractivity contribution in [2.24, 2.45) is 5.10 Å². The molecular weight excluding hydrogens is 381 g/mol. The van der Waals surface area contributed by atoms with Crippen molar-refractivity contribution in [3.05, 3.63) is 95.8 Å². The Hall–Kier alpha value is -4.06. The molecule has 1 heterocycles. The summed E-state index contributed by atoms with van der Waals surface area (Å²) in [6.07, 6.45) is 1.55. The molecule has 0 aliphatic heterocycles. The fourth-order valence-electron chi connectivity index (χ4n) is 3.08. The molecule has 6 heteroatoms. The van der Waals surface area contributed by atoms with Gasteiger partial charge >= 0.3 is 0 Å². The number of methoxy groups -OCH3 is 1. The van der Waals surface area contributed by atoms with E-state index in [2.05, 4.69) is 15.5 Å². The Morgan fingerprint density at radius 2 is 1.83 bits per heavy atom. The van der Waals surface area contributed by atoms with Crippen molar-refractivity contribution in [1.82, 2.24) is 10.4 Å². The van der Waals surface area contributed by atoms with Gasteiger partial charge in [0.1, 0.15) is 11.6 Å². The highest BCUT2D eigenvalue weighted by Gasteiger charge is 2.13. The van der Waals surface area contributed by atoms with E-state index >= 15 is 0 Å². The maximum atomic E-state index is 13.3. The summed E-state index contributed by atoms with van der Waals surface area (Å²) in [5.41, 5.74) is 5.76. The molecule has 0 unspecified atom stereocenters. The number of para-hydroxylation sites is 1. The van der Waals surface area contributed by atoms with Crippen LogP contribution < -0.4 is 10.2 Å². The predicted molar refractivity (Wildman–Crippen MR) is 115 cm³/mol. The zero-order valence-corrected chi connectivity index (χ0v) is 16.2. The number of ether oxygens (including phenoxy) is 1. The predicted octanol–water partition coefficient (Wildman–Crippen LogP) is 4.81. The molecule has 0 spiro atoms. The van der Waals surface area contributed by atoms with E-state index in [4.69, 9.17) is 4.74 Å². The van der Waals surface area contributed by atoms with Crippen LogP contribution in [0.15, 0.2) is 84.0 Å². The van der Waals surface area contributed by atoms with Crippen LogP contribution in [0.25, 0.3) is 22.2 Å². The van der Waals surface area contributed by atoms with Crippen molar-refractivity contribution in [2.75, 3.05) is 7.11 Å². The van der Waals surface area contributed by atoms with Crippen molar-refractivity contribution in [3.8, 4) is 17.0 Å². The van der Waals surface area contributed by atoms with Crippen molar-refractivity contribution in [2.45, 2.75) is 0 Å². The van der Waals surface area contributed by atoms with Gasteiger partial charge in [0.05, 0.1) is 30.1 Å². The largest absolute Gasteiger partial charge is 0.497 e. The molecule has 1 N–H and O–H groups in total. The van der Waals surface area contributed by atoms with Crippen LogP contribution in [0.5, 0.6) is 5.75 Å². The lowest BCUT2D eigenvalue weighted by atomic mass is 10.0. The van der Waals surface area contributed by atoms with Gasteiger partial charge in [-0.05, 0) is 54.1 Å². The number of nitrogens with zero attached hydrogens (tertiary/aromatic N) is 2. The summed E-state index contributed by atoms with van der Waals surface area (Å²) in [6, 6.07) is 22.4. The molecule has 148 valence electrons. The average molecular weight is 399 g/mol. The van der Waals surface area contributed by atoms with E-state index in [0.717, 1.165) is 11.1 Å². The molecule has 1 aromatic heterocycles. The second-order valence-corrected chi connectivity index (χ2v) is 6.55. The number of amides is 1. The van der Waals surface area contributed by atoms with Crippen molar-refractivity contribution < 1.29 is 13.9 Å². The number of hydrogen-bond acceptors (Lipinski definition) is 4. The summed E-state index contributed by atoms with van der Waals surface area (Å²) in [5.74, 6) is 0.00911. The Morgan fingerprint density at radius 1 is 1.03 bits per heavy atom. The number of benzene rings is 3. The molecule has 4 aromatic rings. The Bertz CT molecular complexity index is 1240. The van der Waals surface area contributed by atoms with Crippen LogP contribution in [0, 0.1) is 5.82 Å². The molecular formula is C24H18FN3O2. The third-order valence-electron chi connectivity index (χ3n) is 4.57. The molecule has 0 saturated carbocycles. The van der Waals surface area contributed by atoms with Crippen molar-refractivity contribution in [1.29, 1.82) is 0 Å². The second kappa shape index (κ2) is 8.53. The molecule has 0 saturated heterocycles. The molecule has 0 atom stereocenters. The standard InChI is InChI=1S/C24H18FN3O2/c1-30-19-6-4-5-16(13-19)15-26-28-24(29)21-14-23(17-9-11-18(25)12-10-17)27-22-8-3-2-7-20(21)22/h2-15H,1H3,(H,28,29)/b26-15-. The van der Waals surface area contributed by atoms with Crippen LogP contribution in [0.3, 0.4) is 0 Å². The lowest BCUT2D eigenvalue weighted by Gasteiger charge is -2.09. The first-order valence-corrected chi connectivity index (χ1v) is 9.27. The number of fused-ring (bicyclic) bond motifs is 1. The number of nitrogens with one attached hydrogen (secondary N) is 1. The van der Waals surface area contributed by atoms with Crippen LogP contribution in [-0.4, -0.2) is 24.2 Å². The first-order chi connectivity index (χ1) is 14.6. The van der Waals surface area contributed by atoms with Gasteiger partial charge in [0.2, 0.25) is 0 Å². The molecule has 0 aliphatic carbocycles. The average Bonchev–Trinajstić information content (AvgIpc) is 2.79. The van der Waals surface area contributed by atoms with Crippen LogP contribution in [0.2, 0.25) is 0 Å². The Labute approximate surface area is 172 Å². The third-order valence-corrected chi connectivity index (χ3v) is 4.57. The van der Waals surface area contributed by atoms with Gasteiger partial charge in [-0.2, -0.15) is 5.10 Å². The van der Waals surface area contributed by atoms with Gasteiger partial charge in [-0.25, -0.2) is 14.8 Å². The van der Waals surface area contributed by atoms with E-state index in [1.54, 1.807) is 31.5 Å². The van der Waals surface area contributed by atoms with Gasteiger partial charge < -0.3 is 4.74 Å². The van der Waals surface area contributed by atoms with E-state index in [-0.39, 0.29) is 11.7 Å². The van der Waals surface area contributed by atoms with Gasteiger partial charge in [-0.1, -0.05) is 30.3 Å². The number of rotatable bonds is 5. The first kappa shape index (κ1) is 19.3. The molecule has 0 bridgehead atoms. The monoisotopic (exact) mass is 399 g/mol. The Balaban J connectivity index is 1.65. The topological polar surface area (TPSA) is 63.6 Å². The number of aromatic nitrogens is 1. The highest BCUT2D eigenvalue weighted by molar-refractivity contribution is 6.07. The van der Waals surface area contributed by atoms with Crippen LogP contribution >= 0.6 is 0 Å². The molecule has 0 radical (unpaired) electrons. The maximum absolute atomic E-state index is 13.3. The minimum Gasteiger partial charge on any atom is -0.497 e. The van der Waals surface area contributed by atoms with E-state index in [1.165, 1.54) is 12.1 Å². The number of halogens is 1. The molecule has 5 nitrogen and oxygen atoms in total. The fourth-order valence-corrected chi connectivity index (χ4v) is 3.08. The summed E-state index contributed by atoms with van der Waals surface area (Å²) >= 11 is 0. The molecule has 4 rings (SSSR count). The molecule has 0 fully saturated rings. The number of hydrogen-bond donors (Lipinski definition) is 1.